The van der Waals surface area contributed by atoms with Gasteiger partial charge in [-0.3, -0.25) is 9.59 Å². The Balaban J connectivity index is 1.96. The molecule has 0 bridgehead atoms. The molecule has 2 atom stereocenters. The van der Waals surface area contributed by atoms with Crippen molar-refractivity contribution in [2.45, 2.75) is 39.5 Å². The van der Waals surface area contributed by atoms with Gasteiger partial charge in [-0.25, -0.2) is 9.59 Å². The second-order valence-electron chi connectivity index (χ2n) is 6.38. The molecule has 11 heteroatoms. The minimum absolute atomic E-state index is 0.00187. The van der Waals surface area contributed by atoms with E-state index in [1.54, 1.807) is 6.92 Å². The zero-order valence-corrected chi connectivity index (χ0v) is 16.2. The summed E-state index contributed by atoms with van der Waals surface area (Å²) in [5.41, 5.74) is -1.38. The molecule has 11 nitrogen and oxygen atoms in total. The number of carbonyl (C=O) groups is 2. The maximum Gasteiger partial charge on any atom is 0.408 e. The Kier molecular flexibility index (Phi) is 7.62. The van der Waals surface area contributed by atoms with Gasteiger partial charge in [-0.1, -0.05) is 20.3 Å². The number of aromatic hydroxyl groups is 2. The molecule has 0 fully saturated rings. The van der Waals surface area contributed by atoms with Crippen molar-refractivity contribution in [1.82, 2.24) is 5.32 Å². The van der Waals surface area contributed by atoms with Crippen LogP contribution in [0.2, 0.25) is 0 Å². The van der Waals surface area contributed by atoms with E-state index in [1.807, 2.05) is 6.92 Å². The lowest BCUT2D eigenvalue weighted by molar-refractivity contribution is -0.149. The number of rotatable bonds is 8. The zero-order chi connectivity index (χ0) is 22.3. The minimum atomic E-state index is -1.06. The smallest absolute Gasteiger partial charge is 0.408 e. The molecule has 0 aromatic carbocycles. The van der Waals surface area contributed by atoms with Crippen molar-refractivity contribution < 1.29 is 38.1 Å². The van der Waals surface area contributed by atoms with Crippen molar-refractivity contribution in [2.24, 2.45) is 5.92 Å². The van der Waals surface area contributed by atoms with Crippen molar-refractivity contribution in [2.75, 3.05) is 0 Å². The molecule has 1 amide bonds. The van der Waals surface area contributed by atoms with Gasteiger partial charge >= 0.3 is 12.1 Å². The van der Waals surface area contributed by atoms with Crippen LogP contribution >= 0.6 is 0 Å². The molecule has 162 valence electrons. The van der Waals surface area contributed by atoms with Gasteiger partial charge in [-0.2, -0.15) is 0 Å². The fourth-order valence-electron chi connectivity index (χ4n) is 2.25. The van der Waals surface area contributed by atoms with E-state index in [0.717, 1.165) is 24.7 Å². The van der Waals surface area contributed by atoms with E-state index in [0.29, 0.717) is 6.42 Å². The molecule has 0 spiro atoms. The van der Waals surface area contributed by atoms with Gasteiger partial charge in [0, 0.05) is 12.1 Å². The number of nitrogens with one attached hydrogen (secondary N) is 1. The van der Waals surface area contributed by atoms with Crippen molar-refractivity contribution in [3.63, 3.8) is 0 Å². The average molecular weight is 423 g/mol. The first-order valence-electron chi connectivity index (χ1n) is 8.92. The number of ether oxygens (including phenoxy) is 2. The first kappa shape index (κ1) is 22.5. The van der Waals surface area contributed by atoms with E-state index in [-0.39, 0.29) is 24.0 Å². The third kappa shape index (κ3) is 6.12. The van der Waals surface area contributed by atoms with E-state index in [4.69, 9.17) is 28.5 Å². The van der Waals surface area contributed by atoms with Crippen molar-refractivity contribution in [1.29, 1.82) is 0 Å². The first-order chi connectivity index (χ1) is 14.2. The molecule has 0 aliphatic rings. The normalized spacial score (nSPS) is 12.6. The molecule has 0 aliphatic heterocycles. The third-order valence-corrected chi connectivity index (χ3v) is 4.18. The van der Waals surface area contributed by atoms with Crippen molar-refractivity contribution in [3.8, 4) is 11.5 Å². The SMILES string of the molecule is CCC(C)[C@H](NC(=O)OCc1cc(=O)c(O)co1)C(=O)OCc1cc(=O)c(O)co1. The summed E-state index contributed by atoms with van der Waals surface area (Å²) in [6, 6.07) is 0.890. The number of hydrogen-bond donors (Lipinski definition) is 3. The van der Waals surface area contributed by atoms with Gasteiger partial charge in [-0.05, 0) is 5.92 Å². The molecule has 2 heterocycles. The van der Waals surface area contributed by atoms with E-state index in [1.165, 1.54) is 0 Å². The Hall–Kier alpha value is -3.76. The van der Waals surface area contributed by atoms with Crippen LogP contribution in [0.5, 0.6) is 11.5 Å². The Morgan fingerprint density at radius 2 is 1.50 bits per heavy atom. The van der Waals surface area contributed by atoms with Crippen LogP contribution in [0.3, 0.4) is 0 Å². The highest BCUT2D eigenvalue weighted by Gasteiger charge is 2.28. The predicted molar refractivity (Wildman–Crippen MR) is 99.6 cm³/mol. The van der Waals surface area contributed by atoms with Gasteiger partial charge in [0.05, 0.1) is 0 Å². The minimum Gasteiger partial charge on any atom is -0.502 e. The summed E-state index contributed by atoms with van der Waals surface area (Å²) < 4.78 is 19.9. The quantitative estimate of drug-likeness (QED) is 0.528. The molecule has 2 rings (SSSR count). The maximum absolute atomic E-state index is 12.4. The molecule has 30 heavy (non-hydrogen) atoms. The fraction of sp³-hybridized carbons (Fsp3) is 0.368. The highest BCUT2D eigenvalue weighted by molar-refractivity contribution is 5.81. The number of hydrogen-bond acceptors (Lipinski definition) is 10. The Morgan fingerprint density at radius 1 is 1.00 bits per heavy atom. The standard InChI is InChI=1S/C19H21NO10/c1-3-10(2)17(18(25)29-6-11-4-13(21)15(23)8-27-11)20-19(26)30-7-12-5-14(22)16(24)9-28-12/h4-5,8-10,17,23-24H,3,6-7H2,1-2H3,(H,20,26)/t10?,17-/m0/s1. The molecule has 2 aromatic rings. The first-order valence-corrected chi connectivity index (χ1v) is 8.92. The number of alkyl carbamates (subject to hydrolysis) is 1. The molecular formula is C19H21NO10. The molecular weight excluding hydrogens is 402 g/mol. The second-order valence-corrected chi connectivity index (χ2v) is 6.38. The second kappa shape index (κ2) is 10.1. The number of esters is 1. The molecule has 0 saturated carbocycles. The van der Waals surface area contributed by atoms with Crippen LogP contribution in [-0.2, 0) is 27.5 Å². The van der Waals surface area contributed by atoms with Crippen LogP contribution in [0.25, 0.3) is 0 Å². The highest BCUT2D eigenvalue weighted by atomic mass is 16.6. The van der Waals surface area contributed by atoms with Gasteiger partial charge < -0.3 is 33.8 Å². The molecule has 1 unspecified atom stereocenters. The third-order valence-electron chi connectivity index (χ3n) is 4.18. The number of carbonyl (C=O) groups excluding carboxylic acids is 2. The predicted octanol–water partition coefficient (Wildman–Crippen LogP) is 1.39. The molecule has 0 aliphatic carbocycles. The summed E-state index contributed by atoms with van der Waals surface area (Å²) in [6.45, 7) is 2.74. The summed E-state index contributed by atoms with van der Waals surface area (Å²) in [7, 11) is 0. The molecule has 3 N–H and O–H groups in total. The Bertz CT molecular complexity index is 1010. The lowest BCUT2D eigenvalue weighted by Gasteiger charge is -2.22. The van der Waals surface area contributed by atoms with Crippen LogP contribution < -0.4 is 16.2 Å². The summed E-state index contributed by atoms with van der Waals surface area (Å²) in [4.78, 5) is 47.2. The Labute approximate surface area is 169 Å². The van der Waals surface area contributed by atoms with Crippen molar-refractivity contribution in [3.05, 3.63) is 56.6 Å². The van der Waals surface area contributed by atoms with Gasteiger partial charge in [0.2, 0.25) is 10.9 Å². The van der Waals surface area contributed by atoms with Crippen LogP contribution in [-0.4, -0.2) is 28.3 Å². The molecule has 0 radical (unpaired) electrons. The zero-order valence-electron chi connectivity index (χ0n) is 16.2. The summed E-state index contributed by atoms with van der Waals surface area (Å²) >= 11 is 0. The van der Waals surface area contributed by atoms with E-state index in [2.05, 4.69) is 5.32 Å². The van der Waals surface area contributed by atoms with E-state index in [9.17, 15) is 19.2 Å². The topological polar surface area (TPSA) is 166 Å². The van der Waals surface area contributed by atoms with Gasteiger partial charge in [-0.15, -0.1) is 0 Å². The highest BCUT2D eigenvalue weighted by Crippen LogP contribution is 2.12. The van der Waals surface area contributed by atoms with Gasteiger partial charge in [0.1, 0.15) is 36.7 Å². The van der Waals surface area contributed by atoms with Crippen LogP contribution in [0.15, 0.2) is 43.1 Å². The summed E-state index contributed by atoms with van der Waals surface area (Å²) in [5, 5.41) is 20.7. The molecule has 0 saturated heterocycles. The molecule has 2 aromatic heterocycles. The van der Waals surface area contributed by atoms with Crippen molar-refractivity contribution >= 4 is 12.1 Å². The van der Waals surface area contributed by atoms with Crippen LogP contribution in [0, 0.1) is 5.92 Å². The maximum atomic E-state index is 12.4. The largest absolute Gasteiger partial charge is 0.502 e. The van der Waals surface area contributed by atoms with Gasteiger partial charge in [0.15, 0.2) is 18.1 Å². The lowest BCUT2D eigenvalue weighted by atomic mass is 9.99. The van der Waals surface area contributed by atoms with Gasteiger partial charge in [0.25, 0.3) is 0 Å². The van der Waals surface area contributed by atoms with Crippen LogP contribution in [0.1, 0.15) is 31.8 Å². The average Bonchev–Trinajstić information content (AvgIpc) is 2.72. The van der Waals surface area contributed by atoms with Crippen LogP contribution in [0.4, 0.5) is 4.79 Å². The lowest BCUT2D eigenvalue weighted by Crippen LogP contribution is -2.46. The monoisotopic (exact) mass is 423 g/mol. The summed E-state index contributed by atoms with van der Waals surface area (Å²) in [5.74, 6) is -2.24. The number of amides is 1. The van der Waals surface area contributed by atoms with E-state index >= 15 is 0 Å². The fourth-order valence-corrected chi connectivity index (χ4v) is 2.25. The summed E-state index contributed by atoms with van der Waals surface area (Å²) in [6.07, 6.45) is 1.22. The Morgan fingerprint density at radius 3 is 1.97 bits per heavy atom. The van der Waals surface area contributed by atoms with E-state index < -0.39 is 47.1 Å².